The Kier molecular flexibility index (Phi) is 5.60. The standard InChI is InChI=1S/C11H13Cl2NO2/c12-10(13)11(16)14(6-7-15)8-9-4-2-1-3-5-9/h1-5,10,15H,6-8H2. The Labute approximate surface area is 105 Å². The molecule has 1 rings (SSSR count). The zero-order valence-corrected chi connectivity index (χ0v) is 10.2. The molecule has 1 amide bonds. The number of halogens is 2. The van der Waals surface area contributed by atoms with Crippen LogP contribution in [0.1, 0.15) is 5.56 Å². The summed E-state index contributed by atoms with van der Waals surface area (Å²) < 4.78 is 0. The summed E-state index contributed by atoms with van der Waals surface area (Å²) in [6.45, 7) is 0.513. The molecule has 16 heavy (non-hydrogen) atoms. The van der Waals surface area contributed by atoms with Gasteiger partial charge in [0, 0.05) is 13.1 Å². The Morgan fingerprint density at radius 1 is 1.31 bits per heavy atom. The normalized spacial score (nSPS) is 10.5. The number of aliphatic hydroxyl groups is 1. The number of aliphatic hydroxyl groups excluding tert-OH is 1. The van der Waals surface area contributed by atoms with Gasteiger partial charge in [-0.25, -0.2) is 0 Å². The molecule has 0 aliphatic rings. The van der Waals surface area contributed by atoms with Gasteiger partial charge in [0.2, 0.25) is 0 Å². The number of benzene rings is 1. The number of rotatable bonds is 5. The summed E-state index contributed by atoms with van der Waals surface area (Å²) in [7, 11) is 0. The fraction of sp³-hybridized carbons (Fsp3) is 0.364. The topological polar surface area (TPSA) is 40.5 Å². The maximum atomic E-state index is 11.6. The minimum absolute atomic E-state index is 0.112. The van der Waals surface area contributed by atoms with Crippen LogP contribution in [0.2, 0.25) is 0 Å². The van der Waals surface area contributed by atoms with Gasteiger partial charge >= 0.3 is 0 Å². The fourth-order valence-electron chi connectivity index (χ4n) is 1.33. The van der Waals surface area contributed by atoms with E-state index in [-0.39, 0.29) is 19.1 Å². The first-order chi connectivity index (χ1) is 7.65. The average Bonchev–Trinajstić information content (AvgIpc) is 2.29. The highest BCUT2D eigenvalue weighted by atomic mass is 35.5. The quantitative estimate of drug-likeness (QED) is 0.822. The summed E-state index contributed by atoms with van der Waals surface area (Å²) in [5.41, 5.74) is 0.971. The molecule has 0 saturated carbocycles. The van der Waals surface area contributed by atoms with Crippen LogP contribution in [0.3, 0.4) is 0 Å². The van der Waals surface area contributed by atoms with Crippen LogP contribution in [0, 0.1) is 0 Å². The molecule has 0 aromatic heterocycles. The van der Waals surface area contributed by atoms with Crippen LogP contribution in [0.5, 0.6) is 0 Å². The average molecular weight is 262 g/mol. The van der Waals surface area contributed by atoms with E-state index in [1.165, 1.54) is 4.90 Å². The van der Waals surface area contributed by atoms with Crippen molar-refractivity contribution in [2.45, 2.75) is 11.4 Å². The van der Waals surface area contributed by atoms with Gasteiger partial charge in [-0.05, 0) is 5.56 Å². The largest absolute Gasteiger partial charge is 0.395 e. The lowest BCUT2D eigenvalue weighted by molar-refractivity contribution is -0.130. The fourth-order valence-corrected chi connectivity index (χ4v) is 1.61. The Balaban J connectivity index is 2.68. The number of carbonyl (C=O) groups is 1. The van der Waals surface area contributed by atoms with Gasteiger partial charge in [0.15, 0.2) is 4.84 Å². The predicted octanol–water partition coefficient (Wildman–Crippen LogP) is 1.81. The van der Waals surface area contributed by atoms with Crippen LogP contribution in [0.4, 0.5) is 0 Å². The van der Waals surface area contributed by atoms with Crippen molar-refractivity contribution < 1.29 is 9.90 Å². The van der Waals surface area contributed by atoms with Crippen LogP contribution in [-0.2, 0) is 11.3 Å². The second-order valence-electron chi connectivity index (χ2n) is 3.27. The van der Waals surface area contributed by atoms with Crippen molar-refractivity contribution >= 4 is 29.1 Å². The van der Waals surface area contributed by atoms with Crippen molar-refractivity contribution in [1.82, 2.24) is 4.90 Å². The van der Waals surface area contributed by atoms with Gasteiger partial charge in [0.05, 0.1) is 6.61 Å². The molecule has 0 bridgehead atoms. The van der Waals surface area contributed by atoms with E-state index in [4.69, 9.17) is 28.3 Å². The van der Waals surface area contributed by atoms with Gasteiger partial charge in [0.25, 0.3) is 5.91 Å². The molecule has 0 spiro atoms. The summed E-state index contributed by atoms with van der Waals surface area (Å²) in [5, 5.41) is 8.87. The summed E-state index contributed by atoms with van der Waals surface area (Å²) >= 11 is 11.0. The highest BCUT2D eigenvalue weighted by molar-refractivity contribution is 6.53. The molecule has 0 radical (unpaired) electrons. The van der Waals surface area contributed by atoms with Crippen LogP contribution in [0.25, 0.3) is 0 Å². The zero-order chi connectivity index (χ0) is 12.0. The third-order valence-corrected chi connectivity index (χ3v) is 2.46. The molecule has 0 atom stereocenters. The van der Waals surface area contributed by atoms with E-state index in [0.717, 1.165) is 5.56 Å². The molecule has 3 nitrogen and oxygen atoms in total. The predicted molar refractivity (Wildman–Crippen MR) is 64.4 cm³/mol. The third-order valence-electron chi connectivity index (χ3n) is 2.08. The number of carbonyl (C=O) groups excluding carboxylic acids is 1. The van der Waals surface area contributed by atoms with Crippen LogP contribution in [-0.4, -0.2) is 33.9 Å². The van der Waals surface area contributed by atoms with Crippen molar-refractivity contribution in [2.24, 2.45) is 0 Å². The molecule has 0 unspecified atom stereocenters. The number of nitrogens with zero attached hydrogens (tertiary/aromatic N) is 1. The van der Waals surface area contributed by atoms with Crippen molar-refractivity contribution in [1.29, 1.82) is 0 Å². The second-order valence-corrected chi connectivity index (χ2v) is 4.37. The highest BCUT2D eigenvalue weighted by Gasteiger charge is 2.19. The minimum Gasteiger partial charge on any atom is -0.395 e. The molecule has 88 valence electrons. The third kappa shape index (κ3) is 4.00. The van der Waals surface area contributed by atoms with E-state index in [9.17, 15) is 4.79 Å². The van der Waals surface area contributed by atoms with Crippen molar-refractivity contribution in [3.63, 3.8) is 0 Å². The summed E-state index contributed by atoms with van der Waals surface area (Å²) in [6, 6.07) is 9.46. The van der Waals surface area contributed by atoms with Gasteiger partial charge in [0.1, 0.15) is 0 Å². The molecule has 0 heterocycles. The summed E-state index contributed by atoms with van der Waals surface area (Å²) in [5.74, 6) is -0.388. The maximum absolute atomic E-state index is 11.6. The molecule has 1 aromatic carbocycles. The molecule has 0 aliphatic heterocycles. The van der Waals surface area contributed by atoms with Gasteiger partial charge in [-0.1, -0.05) is 53.5 Å². The van der Waals surface area contributed by atoms with Gasteiger partial charge in [-0.3, -0.25) is 4.79 Å². The highest BCUT2D eigenvalue weighted by Crippen LogP contribution is 2.11. The SMILES string of the molecule is O=C(C(Cl)Cl)N(CCO)Cc1ccccc1. The molecule has 0 aliphatic carbocycles. The van der Waals surface area contributed by atoms with Crippen molar-refractivity contribution in [2.75, 3.05) is 13.2 Å². The lowest BCUT2D eigenvalue weighted by Crippen LogP contribution is -2.36. The molecular formula is C11H13Cl2NO2. The smallest absolute Gasteiger partial charge is 0.256 e. The van der Waals surface area contributed by atoms with Gasteiger partial charge in [-0.2, -0.15) is 0 Å². The zero-order valence-electron chi connectivity index (χ0n) is 8.64. The van der Waals surface area contributed by atoms with Crippen LogP contribution in [0.15, 0.2) is 30.3 Å². The number of amides is 1. The van der Waals surface area contributed by atoms with E-state index in [0.29, 0.717) is 6.54 Å². The molecule has 1 N–H and O–H groups in total. The van der Waals surface area contributed by atoms with E-state index in [1.54, 1.807) is 0 Å². The van der Waals surface area contributed by atoms with Crippen molar-refractivity contribution in [3.05, 3.63) is 35.9 Å². The summed E-state index contributed by atoms with van der Waals surface area (Å²) in [4.78, 5) is 11.9. The second kappa shape index (κ2) is 6.74. The monoisotopic (exact) mass is 261 g/mol. The Morgan fingerprint density at radius 3 is 2.44 bits per heavy atom. The van der Waals surface area contributed by atoms with Crippen LogP contribution >= 0.6 is 23.2 Å². The molecule has 0 saturated heterocycles. The van der Waals surface area contributed by atoms with E-state index >= 15 is 0 Å². The van der Waals surface area contributed by atoms with Gasteiger partial charge < -0.3 is 10.0 Å². The number of alkyl halides is 2. The van der Waals surface area contributed by atoms with Crippen molar-refractivity contribution in [3.8, 4) is 0 Å². The van der Waals surface area contributed by atoms with E-state index < -0.39 is 4.84 Å². The first-order valence-corrected chi connectivity index (χ1v) is 5.74. The number of hydrogen-bond acceptors (Lipinski definition) is 2. The van der Waals surface area contributed by atoms with E-state index in [2.05, 4.69) is 0 Å². The lowest BCUT2D eigenvalue weighted by Gasteiger charge is -2.22. The maximum Gasteiger partial charge on any atom is 0.256 e. The molecule has 5 heteroatoms. The first-order valence-electron chi connectivity index (χ1n) is 4.87. The lowest BCUT2D eigenvalue weighted by atomic mass is 10.2. The molecule has 1 aromatic rings. The summed E-state index contributed by atoms with van der Waals surface area (Å²) in [6.07, 6.45) is 0. The minimum atomic E-state index is -1.09. The van der Waals surface area contributed by atoms with E-state index in [1.807, 2.05) is 30.3 Å². The van der Waals surface area contributed by atoms with Crippen LogP contribution < -0.4 is 0 Å². The molecule has 0 fully saturated rings. The number of hydrogen-bond donors (Lipinski definition) is 1. The Hall–Kier alpha value is -0.770. The molecular weight excluding hydrogens is 249 g/mol. The Bertz CT molecular complexity index is 330. The van der Waals surface area contributed by atoms with Gasteiger partial charge in [-0.15, -0.1) is 0 Å². The Morgan fingerprint density at radius 2 is 1.94 bits per heavy atom. The first kappa shape index (κ1) is 13.3.